The highest BCUT2D eigenvalue weighted by molar-refractivity contribution is 6.06. The summed E-state index contributed by atoms with van der Waals surface area (Å²) in [6, 6.07) is 1.44. The summed E-state index contributed by atoms with van der Waals surface area (Å²) in [5, 5.41) is 2.71. The molecular weight excluding hydrogens is 206 g/mol. The van der Waals surface area contributed by atoms with Crippen LogP contribution >= 0.6 is 0 Å². The predicted octanol–water partition coefficient (Wildman–Crippen LogP) is 0.710. The van der Waals surface area contributed by atoms with Crippen LogP contribution in [0.15, 0.2) is 18.5 Å². The molecule has 1 rings (SSSR count). The lowest BCUT2D eigenvalue weighted by Gasteiger charge is -2.06. The van der Waals surface area contributed by atoms with E-state index in [0.717, 1.165) is 12.8 Å². The second-order valence-corrected chi connectivity index (χ2v) is 3.39. The van der Waals surface area contributed by atoms with E-state index in [0.29, 0.717) is 6.54 Å². The van der Waals surface area contributed by atoms with Crippen molar-refractivity contribution in [3.8, 4) is 0 Å². The fourth-order valence-corrected chi connectivity index (χ4v) is 1.26. The Morgan fingerprint density at radius 1 is 1.44 bits per heavy atom. The van der Waals surface area contributed by atoms with Crippen molar-refractivity contribution in [2.24, 2.45) is 5.73 Å². The van der Waals surface area contributed by atoms with E-state index >= 15 is 0 Å². The molecule has 0 unspecified atom stereocenters. The van der Waals surface area contributed by atoms with Crippen molar-refractivity contribution in [2.45, 2.75) is 19.8 Å². The average Bonchev–Trinajstić information content (AvgIpc) is 2.29. The van der Waals surface area contributed by atoms with Gasteiger partial charge >= 0.3 is 0 Å². The van der Waals surface area contributed by atoms with Gasteiger partial charge in [0.05, 0.1) is 11.1 Å². The highest BCUT2D eigenvalue weighted by Gasteiger charge is 2.14. The monoisotopic (exact) mass is 221 g/mol. The molecule has 0 bridgehead atoms. The SMILES string of the molecule is CCCCNC(=O)c1cnccc1C(N)=O. The van der Waals surface area contributed by atoms with Gasteiger partial charge in [0.1, 0.15) is 0 Å². The molecule has 0 saturated heterocycles. The van der Waals surface area contributed by atoms with Crippen LogP contribution < -0.4 is 11.1 Å². The maximum absolute atomic E-state index is 11.7. The molecule has 0 radical (unpaired) electrons. The predicted molar refractivity (Wildman–Crippen MR) is 60.0 cm³/mol. The molecule has 0 aliphatic heterocycles. The summed E-state index contributed by atoms with van der Waals surface area (Å²) in [5.41, 5.74) is 5.59. The highest BCUT2D eigenvalue weighted by Crippen LogP contribution is 2.05. The number of amides is 2. The van der Waals surface area contributed by atoms with Crippen LogP contribution in [-0.2, 0) is 0 Å². The summed E-state index contributed by atoms with van der Waals surface area (Å²) in [6.45, 7) is 2.62. The van der Waals surface area contributed by atoms with Gasteiger partial charge in [-0.25, -0.2) is 0 Å². The standard InChI is InChI=1S/C11H15N3O2/c1-2-3-5-14-11(16)9-7-13-6-4-8(9)10(12)15/h4,6-7H,2-3,5H2,1H3,(H2,12,15)(H,14,16). The fraction of sp³-hybridized carbons (Fsp3) is 0.364. The van der Waals surface area contributed by atoms with Crippen molar-refractivity contribution in [3.63, 3.8) is 0 Å². The van der Waals surface area contributed by atoms with Crippen LogP contribution in [0.2, 0.25) is 0 Å². The lowest BCUT2D eigenvalue weighted by Crippen LogP contribution is -2.27. The van der Waals surface area contributed by atoms with Gasteiger partial charge in [-0.3, -0.25) is 14.6 Å². The molecule has 0 aliphatic rings. The van der Waals surface area contributed by atoms with E-state index < -0.39 is 5.91 Å². The van der Waals surface area contributed by atoms with Gasteiger partial charge < -0.3 is 11.1 Å². The Morgan fingerprint density at radius 2 is 2.19 bits per heavy atom. The normalized spacial score (nSPS) is 9.81. The minimum atomic E-state index is -0.622. The van der Waals surface area contributed by atoms with Crippen LogP contribution in [0.25, 0.3) is 0 Å². The van der Waals surface area contributed by atoms with Gasteiger partial charge in [0, 0.05) is 18.9 Å². The number of hydrogen-bond acceptors (Lipinski definition) is 3. The molecule has 0 aromatic carbocycles. The second-order valence-electron chi connectivity index (χ2n) is 3.39. The molecule has 0 spiro atoms. The molecule has 0 saturated carbocycles. The molecular formula is C11H15N3O2. The number of primary amides is 1. The highest BCUT2D eigenvalue weighted by atomic mass is 16.2. The molecule has 0 fully saturated rings. The van der Waals surface area contributed by atoms with Gasteiger partial charge in [-0.1, -0.05) is 13.3 Å². The van der Waals surface area contributed by atoms with Crippen LogP contribution in [0.3, 0.4) is 0 Å². The van der Waals surface area contributed by atoms with Gasteiger partial charge in [0.25, 0.3) is 5.91 Å². The summed E-state index contributed by atoms with van der Waals surface area (Å²) < 4.78 is 0. The van der Waals surface area contributed by atoms with Gasteiger partial charge in [-0.05, 0) is 12.5 Å². The zero-order chi connectivity index (χ0) is 12.0. The molecule has 5 heteroatoms. The molecule has 3 N–H and O–H groups in total. The van der Waals surface area contributed by atoms with Gasteiger partial charge in [-0.15, -0.1) is 0 Å². The van der Waals surface area contributed by atoms with Crippen molar-refractivity contribution >= 4 is 11.8 Å². The van der Waals surface area contributed by atoms with Crippen LogP contribution in [0.5, 0.6) is 0 Å². The maximum Gasteiger partial charge on any atom is 0.253 e. The van der Waals surface area contributed by atoms with Crippen LogP contribution in [0, 0.1) is 0 Å². The van der Waals surface area contributed by atoms with E-state index in [2.05, 4.69) is 10.3 Å². The summed E-state index contributed by atoms with van der Waals surface area (Å²) in [4.78, 5) is 26.6. The number of nitrogens with two attached hydrogens (primary N) is 1. The van der Waals surface area contributed by atoms with Crippen molar-refractivity contribution in [3.05, 3.63) is 29.6 Å². The lowest BCUT2D eigenvalue weighted by molar-refractivity contribution is 0.0935. The third kappa shape index (κ3) is 3.05. The average molecular weight is 221 g/mol. The van der Waals surface area contributed by atoms with Crippen molar-refractivity contribution in [1.82, 2.24) is 10.3 Å². The topological polar surface area (TPSA) is 85.1 Å². The summed E-state index contributed by atoms with van der Waals surface area (Å²) in [6.07, 6.45) is 4.68. The quantitative estimate of drug-likeness (QED) is 0.718. The van der Waals surface area contributed by atoms with E-state index in [1.165, 1.54) is 18.5 Å². The van der Waals surface area contributed by atoms with Crippen molar-refractivity contribution in [2.75, 3.05) is 6.54 Å². The van der Waals surface area contributed by atoms with E-state index in [1.807, 2.05) is 6.92 Å². The van der Waals surface area contributed by atoms with Gasteiger partial charge in [0.15, 0.2) is 0 Å². The minimum Gasteiger partial charge on any atom is -0.366 e. The Bertz CT molecular complexity index is 391. The molecule has 0 atom stereocenters. The molecule has 86 valence electrons. The third-order valence-corrected chi connectivity index (χ3v) is 2.15. The molecule has 2 amide bonds. The lowest BCUT2D eigenvalue weighted by atomic mass is 10.1. The summed E-state index contributed by atoms with van der Waals surface area (Å²) in [7, 11) is 0. The number of rotatable bonds is 5. The smallest absolute Gasteiger partial charge is 0.253 e. The van der Waals surface area contributed by atoms with E-state index in [4.69, 9.17) is 5.73 Å². The minimum absolute atomic E-state index is 0.198. The maximum atomic E-state index is 11.7. The van der Waals surface area contributed by atoms with Gasteiger partial charge in [-0.2, -0.15) is 0 Å². The van der Waals surface area contributed by atoms with Crippen LogP contribution in [0.4, 0.5) is 0 Å². The molecule has 1 heterocycles. The Labute approximate surface area is 94.1 Å². The van der Waals surface area contributed by atoms with E-state index in [9.17, 15) is 9.59 Å². The number of carbonyl (C=O) groups excluding carboxylic acids is 2. The number of hydrogen-bond donors (Lipinski definition) is 2. The van der Waals surface area contributed by atoms with Gasteiger partial charge in [0.2, 0.25) is 5.91 Å². The molecule has 1 aromatic heterocycles. The number of nitrogens with one attached hydrogen (secondary N) is 1. The Hall–Kier alpha value is -1.91. The fourth-order valence-electron chi connectivity index (χ4n) is 1.26. The number of nitrogens with zero attached hydrogens (tertiary/aromatic N) is 1. The molecule has 16 heavy (non-hydrogen) atoms. The Morgan fingerprint density at radius 3 is 2.81 bits per heavy atom. The first-order chi connectivity index (χ1) is 7.66. The third-order valence-electron chi connectivity index (χ3n) is 2.15. The number of carbonyl (C=O) groups is 2. The summed E-state index contributed by atoms with van der Waals surface area (Å²) >= 11 is 0. The molecule has 0 aliphatic carbocycles. The zero-order valence-electron chi connectivity index (χ0n) is 9.19. The number of pyridine rings is 1. The molecule has 1 aromatic rings. The summed E-state index contributed by atoms with van der Waals surface area (Å²) in [5.74, 6) is -0.932. The van der Waals surface area contributed by atoms with E-state index in [-0.39, 0.29) is 17.0 Å². The van der Waals surface area contributed by atoms with E-state index in [1.54, 1.807) is 0 Å². The number of unbranched alkanes of at least 4 members (excludes halogenated alkanes) is 1. The Kier molecular flexibility index (Phi) is 4.44. The first-order valence-electron chi connectivity index (χ1n) is 5.18. The Balaban J connectivity index is 2.78. The zero-order valence-corrected chi connectivity index (χ0v) is 9.19. The van der Waals surface area contributed by atoms with Crippen LogP contribution in [-0.4, -0.2) is 23.3 Å². The van der Waals surface area contributed by atoms with Crippen LogP contribution in [0.1, 0.15) is 40.5 Å². The van der Waals surface area contributed by atoms with Crippen molar-refractivity contribution < 1.29 is 9.59 Å². The molecule has 5 nitrogen and oxygen atoms in total. The van der Waals surface area contributed by atoms with Crippen molar-refractivity contribution in [1.29, 1.82) is 0 Å². The number of aromatic nitrogens is 1. The largest absolute Gasteiger partial charge is 0.366 e. The second kappa shape index (κ2) is 5.85. The first kappa shape index (κ1) is 12.2. The first-order valence-corrected chi connectivity index (χ1v) is 5.18.